The minimum Gasteiger partial charge on any atom is -0.336 e. The fraction of sp³-hybridized carbons (Fsp3) is 0.250. The third-order valence-electron chi connectivity index (χ3n) is 2.38. The van der Waals surface area contributed by atoms with Gasteiger partial charge in [0, 0.05) is 19.6 Å². The Kier molecular flexibility index (Phi) is 3.02. The van der Waals surface area contributed by atoms with Gasteiger partial charge < -0.3 is 10.2 Å². The molecule has 15 heavy (non-hydrogen) atoms. The van der Waals surface area contributed by atoms with Crippen LogP contribution in [0.5, 0.6) is 0 Å². The van der Waals surface area contributed by atoms with Crippen LogP contribution >= 0.6 is 0 Å². The first-order valence-corrected chi connectivity index (χ1v) is 5.10. The topological polar surface area (TPSA) is 32.3 Å². The summed E-state index contributed by atoms with van der Waals surface area (Å²) in [5.41, 5.74) is 1.16. The van der Waals surface area contributed by atoms with Gasteiger partial charge in [0.1, 0.15) is 0 Å². The fourth-order valence-corrected chi connectivity index (χ4v) is 1.57. The molecule has 0 unspecified atom stereocenters. The zero-order valence-corrected chi connectivity index (χ0v) is 8.52. The van der Waals surface area contributed by atoms with Crippen LogP contribution in [0.1, 0.15) is 5.56 Å². The van der Waals surface area contributed by atoms with E-state index >= 15 is 0 Å². The van der Waals surface area contributed by atoms with Crippen molar-refractivity contribution in [3.63, 3.8) is 0 Å². The summed E-state index contributed by atoms with van der Waals surface area (Å²) in [5.74, 6) is 0. The highest BCUT2D eigenvalue weighted by Crippen LogP contribution is 2.02. The molecule has 1 fully saturated rings. The maximum absolute atomic E-state index is 11.2. The molecule has 1 aliphatic heterocycles. The van der Waals surface area contributed by atoms with Crippen LogP contribution in [0.25, 0.3) is 6.08 Å². The molecule has 0 aromatic heterocycles. The van der Waals surface area contributed by atoms with Gasteiger partial charge in [-0.2, -0.15) is 0 Å². The summed E-state index contributed by atoms with van der Waals surface area (Å²) in [6, 6.07) is 10.1. The number of carbonyl (C=O) groups excluding carboxylic acids is 1. The Morgan fingerprint density at radius 2 is 2.13 bits per heavy atom. The lowest BCUT2D eigenvalue weighted by atomic mass is 10.2. The average molecular weight is 202 g/mol. The van der Waals surface area contributed by atoms with Gasteiger partial charge in [-0.25, -0.2) is 4.79 Å². The number of benzene rings is 1. The molecule has 0 radical (unpaired) electrons. The van der Waals surface area contributed by atoms with Crippen LogP contribution in [-0.2, 0) is 0 Å². The highest BCUT2D eigenvalue weighted by atomic mass is 16.2. The van der Waals surface area contributed by atoms with Gasteiger partial charge in [0.2, 0.25) is 0 Å². The summed E-state index contributed by atoms with van der Waals surface area (Å²) >= 11 is 0. The summed E-state index contributed by atoms with van der Waals surface area (Å²) in [5, 5.41) is 2.77. The quantitative estimate of drug-likeness (QED) is 0.795. The SMILES string of the molecule is O=C1NCCN1CC=Cc1ccccc1. The molecule has 1 aliphatic rings. The van der Waals surface area contributed by atoms with Gasteiger partial charge in [0.25, 0.3) is 0 Å². The Bertz CT molecular complexity index is 359. The third kappa shape index (κ3) is 2.59. The predicted octanol–water partition coefficient (Wildman–Crippen LogP) is 1.73. The second-order valence-electron chi connectivity index (χ2n) is 3.49. The standard InChI is InChI=1S/C12H14N2O/c15-12-13-8-10-14(12)9-4-7-11-5-2-1-3-6-11/h1-7H,8-10H2,(H,13,15). The first-order chi connectivity index (χ1) is 7.36. The van der Waals surface area contributed by atoms with Crippen molar-refractivity contribution in [3.8, 4) is 0 Å². The molecule has 78 valence electrons. The van der Waals surface area contributed by atoms with Crippen molar-refractivity contribution in [1.82, 2.24) is 10.2 Å². The van der Waals surface area contributed by atoms with Gasteiger partial charge in [0.15, 0.2) is 0 Å². The monoisotopic (exact) mass is 202 g/mol. The van der Waals surface area contributed by atoms with E-state index in [-0.39, 0.29) is 6.03 Å². The first-order valence-electron chi connectivity index (χ1n) is 5.10. The predicted molar refractivity (Wildman–Crippen MR) is 60.4 cm³/mol. The van der Waals surface area contributed by atoms with Gasteiger partial charge >= 0.3 is 6.03 Å². The molecule has 0 aliphatic carbocycles. The third-order valence-corrected chi connectivity index (χ3v) is 2.38. The maximum atomic E-state index is 11.2. The van der Waals surface area contributed by atoms with E-state index in [0.717, 1.165) is 18.7 Å². The van der Waals surface area contributed by atoms with E-state index in [2.05, 4.69) is 5.32 Å². The van der Waals surface area contributed by atoms with E-state index in [4.69, 9.17) is 0 Å². The zero-order chi connectivity index (χ0) is 10.5. The Balaban J connectivity index is 1.88. The van der Waals surface area contributed by atoms with Crippen molar-refractivity contribution >= 4 is 12.1 Å². The minimum atomic E-state index is 0.0349. The minimum absolute atomic E-state index is 0.0349. The lowest BCUT2D eigenvalue weighted by Crippen LogP contribution is -2.27. The first kappa shape index (κ1) is 9.77. The molecule has 0 atom stereocenters. The van der Waals surface area contributed by atoms with Crippen LogP contribution < -0.4 is 5.32 Å². The van der Waals surface area contributed by atoms with Crippen LogP contribution in [0, 0.1) is 0 Å². The molecule has 3 heteroatoms. The summed E-state index contributed by atoms with van der Waals surface area (Å²) in [7, 11) is 0. The zero-order valence-electron chi connectivity index (χ0n) is 8.52. The molecular formula is C12H14N2O. The average Bonchev–Trinajstić information content (AvgIpc) is 2.66. The van der Waals surface area contributed by atoms with Gasteiger partial charge in [-0.1, -0.05) is 42.5 Å². The van der Waals surface area contributed by atoms with Crippen molar-refractivity contribution < 1.29 is 4.79 Å². The summed E-state index contributed by atoms with van der Waals surface area (Å²) in [4.78, 5) is 13.0. The Morgan fingerprint density at radius 1 is 1.33 bits per heavy atom. The summed E-state index contributed by atoms with van der Waals surface area (Å²) in [6.07, 6.45) is 4.05. The lowest BCUT2D eigenvalue weighted by molar-refractivity contribution is 0.222. The highest BCUT2D eigenvalue weighted by Gasteiger charge is 2.16. The molecule has 1 N–H and O–H groups in total. The molecule has 3 nitrogen and oxygen atoms in total. The van der Waals surface area contributed by atoms with Crippen LogP contribution in [0.2, 0.25) is 0 Å². The Labute approximate surface area is 89.4 Å². The van der Waals surface area contributed by atoms with Crippen LogP contribution in [0.3, 0.4) is 0 Å². The number of hydrogen-bond donors (Lipinski definition) is 1. The summed E-state index contributed by atoms with van der Waals surface area (Å²) < 4.78 is 0. The van der Waals surface area contributed by atoms with E-state index in [1.54, 1.807) is 4.90 Å². The Hall–Kier alpha value is -1.77. The molecule has 1 saturated heterocycles. The number of hydrogen-bond acceptors (Lipinski definition) is 1. The molecule has 0 saturated carbocycles. The number of carbonyl (C=O) groups is 1. The van der Waals surface area contributed by atoms with Crippen molar-refractivity contribution in [2.75, 3.05) is 19.6 Å². The fourth-order valence-electron chi connectivity index (χ4n) is 1.57. The Morgan fingerprint density at radius 3 is 2.80 bits per heavy atom. The highest BCUT2D eigenvalue weighted by molar-refractivity contribution is 5.76. The van der Waals surface area contributed by atoms with Gasteiger partial charge in [0.05, 0.1) is 0 Å². The van der Waals surface area contributed by atoms with Crippen LogP contribution in [-0.4, -0.2) is 30.6 Å². The largest absolute Gasteiger partial charge is 0.336 e. The van der Waals surface area contributed by atoms with Gasteiger partial charge in [-0.3, -0.25) is 0 Å². The molecule has 0 bridgehead atoms. The van der Waals surface area contributed by atoms with E-state index in [0.29, 0.717) is 6.54 Å². The second-order valence-corrected chi connectivity index (χ2v) is 3.49. The van der Waals surface area contributed by atoms with E-state index in [1.807, 2.05) is 42.5 Å². The van der Waals surface area contributed by atoms with E-state index < -0.39 is 0 Å². The van der Waals surface area contributed by atoms with Crippen molar-refractivity contribution in [3.05, 3.63) is 42.0 Å². The summed E-state index contributed by atoms with van der Waals surface area (Å²) in [6.45, 7) is 2.25. The number of amides is 2. The number of nitrogens with one attached hydrogen (secondary N) is 1. The molecule has 2 amide bonds. The van der Waals surface area contributed by atoms with Crippen LogP contribution in [0.4, 0.5) is 4.79 Å². The van der Waals surface area contributed by atoms with E-state index in [1.165, 1.54) is 0 Å². The smallest absolute Gasteiger partial charge is 0.317 e. The molecule has 2 rings (SSSR count). The normalized spacial score (nSPS) is 16.0. The molecule has 1 aromatic rings. The number of nitrogens with zero attached hydrogens (tertiary/aromatic N) is 1. The second kappa shape index (κ2) is 4.64. The number of urea groups is 1. The van der Waals surface area contributed by atoms with Gasteiger partial charge in [-0.05, 0) is 5.56 Å². The van der Waals surface area contributed by atoms with Crippen molar-refractivity contribution in [2.45, 2.75) is 0 Å². The molecule has 1 heterocycles. The van der Waals surface area contributed by atoms with Gasteiger partial charge in [-0.15, -0.1) is 0 Å². The maximum Gasteiger partial charge on any atom is 0.317 e. The number of rotatable bonds is 3. The molecular weight excluding hydrogens is 188 g/mol. The van der Waals surface area contributed by atoms with Crippen LogP contribution in [0.15, 0.2) is 36.4 Å². The van der Waals surface area contributed by atoms with Crippen molar-refractivity contribution in [2.24, 2.45) is 0 Å². The molecule has 0 spiro atoms. The van der Waals surface area contributed by atoms with Crippen molar-refractivity contribution in [1.29, 1.82) is 0 Å². The lowest BCUT2D eigenvalue weighted by Gasteiger charge is -2.09. The molecule has 1 aromatic carbocycles. The van der Waals surface area contributed by atoms with E-state index in [9.17, 15) is 4.79 Å².